The zero-order valence-corrected chi connectivity index (χ0v) is 11.3. The topological polar surface area (TPSA) is 87.1 Å². The van der Waals surface area contributed by atoms with E-state index in [1.165, 1.54) is 11.5 Å². The lowest BCUT2D eigenvalue weighted by Crippen LogP contribution is -2.15. The molecule has 4 rings (SSSR count). The Bertz CT molecular complexity index is 604. The van der Waals surface area contributed by atoms with Gasteiger partial charge in [-0.15, -0.1) is 0 Å². The number of aryl methyl sites for hydroxylation is 1. The third-order valence-corrected chi connectivity index (χ3v) is 4.75. The average molecular weight is 278 g/mol. The maximum atomic E-state index is 5.90. The second-order valence-corrected chi connectivity index (χ2v) is 5.99. The van der Waals surface area contributed by atoms with E-state index in [9.17, 15) is 0 Å². The maximum Gasteiger partial charge on any atom is 0.262 e. The molecule has 4 heterocycles. The Kier molecular flexibility index (Phi) is 2.40. The quantitative estimate of drug-likeness (QED) is 0.905. The van der Waals surface area contributed by atoms with Crippen LogP contribution < -0.4 is 5.73 Å². The smallest absolute Gasteiger partial charge is 0.262 e. The van der Waals surface area contributed by atoms with Crippen LogP contribution in [0.2, 0.25) is 0 Å². The summed E-state index contributed by atoms with van der Waals surface area (Å²) < 4.78 is 15.4. The summed E-state index contributed by atoms with van der Waals surface area (Å²) in [7, 11) is 0. The van der Waals surface area contributed by atoms with E-state index in [1.54, 1.807) is 0 Å². The number of ether oxygens (including phenoxy) is 1. The first kappa shape index (κ1) is 11.4. The Hall–Kier alpha value is -1.47. The van der Waals surface area contributed by atoms with Crippen molar-refractivity contribution >= 4 is 16.5 Å². The number of aromatic nitrogens is 3. The van der Waals surface area contributed by atoms with Crippen molar-refractivity contribution in [3.8, 4) is 11.5 Å². The van der Waals surface area contributed by atoms with Gasteiger partial charge in [-0.1, -0.05) is 5.16 Å². The second-order valence-electron chi connectivity index (χ2n) is 5.18. The van der Waals surface area contributed by atoms with Crippen LogP contribution >= 0.6 is 11.5 Å². The van der Waals surface area contributed by atoms with Crippen LogP contribution in [0.3, 0.4) is 0 Å². The van der Waals surface area contributed by atoms with Gasteiger partial charge in [0, 0.05) is 0 Å². The molecule has 6 nitrogen and oxygen atoms in total. The van der Waals surface area contributed by atoms with E-state index in [4.69, 9.17) is 15.0 Å². The van der Waals surface area contributed by atoms with Crippen molar-refractivity contribution in [2.45, 2.75) is 44.3 Å². The van der Waals surface area contributed by atoms with E-state index >= 15 is 0 Å². The van der Waals surface area contributed by atoms with Crippen molar-refractivity contribution in [3.05, 3.63) is 11.5 Å². The molecule has 0 amide bonds. The second kappa shape index (κ2) is 4.01. The molecule has 2 aromatic rings. The van der Waals surface area contributed by atoms with Crippen LogP contribution in [0.25, 0.3) is 11.5 Å². The minimum absolute atomic E-state index is 0.259. The van der Waals surface area contributed by atoms with Crippen LogP contribution in [0.4, 0.5) is 5.00 Å². The van der Waals surface area contributed by atoms with E-state index in [-0.39, 0.29) is 12.0 Å². The number of nitrogens with two attached hydrogens (primary N) is 1. The molecule has 7 heteroatoms. The van der Waals surface area contributed by atoms with Gasteiger partial charge in [-0.3, -0.25) is 0 Å². The fourth-order valence-corrected chi connectivity index (χ4v) is 3.70. The molecule has 0 spiro atoms. The number of rotatable bonds is 2. The number of hydrogen-bond donors (Lipinski definition) is 1. The molecule has 19 heavy (non-hydrogen) atoms. The summed E-state index contributed by atoms with van der Waals surface area (Å²) in [5, 5.41) is 4.73. The molecule has 2 N–H and O–H groups in total. The van der Waals surface area contributed by atoms with Crippen molar-refractivity contribution in [2.75, 3.05) is 5.73 Å². The van der Waals surface area contributed by atoms with Gasteiger partial charge in [-0.2, -0.15) is 9.36 Å². The lowest BCUT2D eigenvalue weighted by Gasteiger charge is -2.13. The van der Waals surface area contributed by atoms with Crippen LogP contribution in [-0.2, 0) is 4.74 Å². The molecular formula is C12H14N4O2S. The minimum Gasteiger partial charge on any atom is -0.389 e. The molecule has 0 radical (unpaired) electrons. The highest BCUT2D eigenvalue weighted by Crippen LogP contribution is 2.44. The van der Waals surface area contributed by atoms with E-state index in [0.717, 1.165) is 36.3 Å². The van der Waals surface area contributed by atoms with E-state index in [2.05, 4.69) is 14.5 Å². The lowest BCUT2D eigenvalue weighted by molar-refractivity contribution is 0.0996. The summed E-state index contributed by atoms with van der Waals surface area (Å²) in [5.74, 6) is 1.48. The molecular weight excluding hydrogens is 264 g/mol. The molecule has 3 atom stereocenters. The van der Waals surface area contributed by atoms with Crippen LogP contribution in [-0.4, -0.2) is 26.7 Å². The molecule has 3 unspecified atom stereocenters. The normalized spacial score (nSPS) is 29.2. The average Bonchev–Trinajstić information content (AvgIpc) is 3.13. The lowest BCUT2D eigenvalue weighted by atomic mass is 9.89. The third kappa shape index (κ3) is 1.68. The Balaban J connectivity index is 1.67. The summed E-state index contributed by atoms with van der Waals surface area (Å²) in [6, 6.07) is 0. The molecule has 0 aromatic carbocycles. The molecule has 2 bridgehead atoms. The van der Waals surface area contributed by atoms with Crippen LogP contribution in [0, 0.1) is 6.92 Å². The van der Waals surface area contributed by atoms with Gasteiger partial charge in [-0.25, -0.2) is 0 Å². The number of anilines is 1. The first-order valence-corrected chi connectivity index (χ1v) is 7.21. The van der Waals surface area contributed by atoms with E-state index in [0.29, 0.717) is 17.0 Å². The summed E-state index contributed by atoms with van der Waals surface area (Å²) in [4.78, 5) is 4.50. The van der Waals surface area contributed by atoms with E-state index in [1.807, 2.05) is 6.92 Å². The van der Waals surface area contributed by atoms with Gasteiger partial charge in [0.2, 0.25) is 0 Å². The van der Waals surface area contributed by atoms with Crippen molar-refractivity contribution in [3.63, 3.8) is 0 Å². The van der Waals surface area contributed by atoms with Crippen LogP contribution in [0.5, 0.6) is 0 Å². The largest absolute Gasteiger partial charge is 0.389 e. The monoisotopic (exact) mass is 278 g/mol. The highest BCUT2D eigenvalue weighted by molar-refractivity contribution is 7.10. The zero-order valence-electron chi connectivity index (χ0n) is 10.5. The number of nitrogens with zero attached hydrogens (tertiary/aromatic N) is 3. The molecule has 2 saturated heterocycles. The number of fused-ring (bicyclic) bond motifs is 2. The summed E-state index contributed by atoms with van der Waals surface area (Å²) in [5.41, 5.74) is 7.51. The first-order valence-electron chi connectivity index (χ1n) is 6.43. The van der Waals surface area contributed by atoms with Gasteiger partial charge >= 0.3 is 0 Å². The van der Waals surface area contributed by atoms with Gasteiger partial charge in [0.1, 0.15) is 5.00 Å². The van der Waals surface area contributed by atoms with Gasteiger partial charge in [-0.05, 0) is 37.7 Å². The molecule has 0 saturated carbocycles. The summed E-state index contributed by atoms with van der Waals surface area (Å²) in [6.07, 6.45) is 3.90. The maximum absolute atomic E-state index is 5.90. The Morgan fingerprint density at radius 1 is 1.37 bits per heavy atom. The predicted molar refractivity (Wildman–Crippen MR) is 69.8 cm³/mol. The van der Waals surface area contributed by atoms with Gasteiger partial charge in [0.25, 0.3) is 5.89 Å². The predicted octanol–water partition coefficient (Wildman–Crippen LogP) is 2.12. The van der Waals surface area contributed by atoms with Crippen LogP contribution in [0.15, 0.2) is 4.52 Å². The zero-order chi connectivity index (χ0) is 13.0. The van der Waals surface area contributed by atoms with Crippen molar-refractivity contribution in [1.29, 1.82) is 0 Å². The van der Waals surface area contributed by atoms with Gasteiger partial charge < -0.3 is 15.0 Å². The third-order valence-electron chi connectivity index (χ3n) is 3.98. The van der Waals surface area contributed by atoms with E-state index < -0.39 is 0 Å². The summed E-state index contributed by atoms with van der Waals surface area (Å²) >= 11 is 1.25. The molecule has 2 aliphatic rings. The highest BCUT2D eigenvalue weighted by atomic mass is 32.1. The fourth-order valence-electron chi connectivity index (χ4n) is 3.04. The Morgan fingerprint density at radius 3 is 2.89 bits per heavy atom. The summed E-state index contributed by atoms with van der Waals surface area (Å²) in [6.45, 7) is 1.90. The SMILES string of the molecule is Cc1nsc(N)c1-c1nc(C2CC3CCC2O3)no1. The molecule has 2 fully saturated rings. The van der Waals surface area contributed by atoms with Gasteiger partial charge in [0.05, 0.1) is 29.4 Å². The standard InChI is InChI=1S/C12H14N4O2S/c1-5-9(10(13)19-16-5)12-14-11(15-18-12)7-4-6-2-3-8(7)17-6/h6-8H,2-4,13H2,1H3. The van der Waals surface area contributed by atoms with Crippen molar-refractivity contribution < 1.29 is 9.26 Å². The fraction of sp³-hybridized carbons (Fsp3) is 0.583. The van der Waals surface area contributed by atoms with Crippen molar-refractivity contribution in [1.82, 2.24) is 14.5 Å². The minimum atomic E-state index is 0.259. The number of hydrogen-bond acceptors (Lipinski definition) is 7. The van der Waals surface area contributed by atoms with Crippen molar-refractivity contribution in [2.24, 2.45) is 0 Å². The number of nitrogen functional groups attached to an aromatic ring is 1. The van der Waals surface area contributed by atoms with Gasteiger partial charge in [0.15, 0.2) is 5.82 Å². The Morgan fingerprint density at radius 2 is 2.26 bits per heavy atom. The molecule has 0 aliphatic carbocycles. The van der Waals surface area contributed by atoms with Crippen LogP contribution in [0.1, 0.15) is 36.7 Å². The molecule has 2 aliphatic heterocycles. The molecule has 2 aromatic heterocycles. The molecule has 100 valence electrons. The first-order chi connectivity index (χ1) is 9.22. The Labute approximate surface area is 114 Å². The highest BCUT2D eigenvalue weighted by Gasteiger charge is 2.43.